The first kappa shape index (κ1) is 17.1. The summed E-state index contributed by atoms with van der Waals surface area (Å²) in [5, 5.41) is 2.53. The van der Waals surface area contributed by atoms with Crippen molar-refractivity contribution in [2.45, 2.75) is 25.9 Å². The molecule has 0 atom stereocenters. The predicted octanol–water partition coefficient (Wildman–Crippen LogP) is 3.02. The minimum atomic E-state index is -0.890. The van der Waals surface area contributed by atoms with Crippen LogP contribution in [0.4, 0.5) is 8.78 Å². The van der Waals surface area contributed by atoms with Crippen LogP contribution in [0.1, 0.15) is 34.3 Å². The summed E-state index contributed by atoms with van der Waals surface area (Å²) in [4.78, 5) is 25.5. The third-order valence-corrected chi connectivity index (χ3v) is 4.18. The van der Waals surface area contributed by atoms with Gasteiger partial charge in [0.25, 0.3) is 5.91 Å². The number of carbonyl (C=O) groups is 2. The number of hydrogen-bond donors (Lipinski definition) is 1. The lowest BCUT2D eigenvalue weighted by atomic mass is 10.1. The zero-order valence-corrected chi connectivity index (χ0v) is 13.6. The summed E-state index contributed by atoms with van der Waals surface area (Å²) >= 11 is 0. The Kier molecular flexibility index (Phi) is 5.07. The van der Waals surface area contributed by atoms with E-state index in [1.165, 1.54) is 6.07 Å². The zero-order valence-electron chi connectivity index (χ0n) is 13.6. The monoisotopic (exact) mass is 344 g/mol. The third-order valence-electron chi connectivity index (χ3n) is 4.18. The average Bonchev–Trinajstić information content (AvgIpc) is 2.98. The molecular formula is C19H18F2N2O2. The molecule has 25 heavy (non-hydrogen) atoms. The molecule has 2 aromatic rings. The van der Waals surface area contributed by atoms with Crippen LogP contribution in [0.2, 0.25) is 0 Å². The van der Waals surface area contributed by atoms with Crippen LogP contribution < -0.4 is 5.32 Å². The van der Waals surface area contributed by atoms with Crippen molar-refractivity contribution < 1.29 is 18.4 Å². The Morgan fingerprint density at radius 3 is 2.44 bits per heavy atom. The van der Waals surface area contributed by atoms with Crippen LogP contribution in [0.5, 0.6) is 0 Å². The number of rotatable bonds is 5. The van der Waals surface area contributed by atoms with E-state index in [-0.39, 0.29) is 12.5 Å². The van der Waals surface area contributed by atoms with Gasteiger partial charge in [-0.1, -0.05) is 30.3 Å². The maximum atomic E-state index is 13.6. The van der Waals surface area contributed by atoms with Gasteiger partial charge in [-0.3, -0.25) is 9.59 Å². The smallest absolute Gasteiger partial charge is 0.257 e. The van der Waals surface area contributed by atoms with E-state index in [9.17, 15) is 18.4 Å². The van der Waals surface area contributed by atoms with Crippen LogP contribution in [0.3, 0.4) is 0 Å². The quantitative estimate of drug-likeness (QED) is 0.906. The van der Waals surface area contributed by atoms with E-state index in [2.05, 4.69) is 5.32 Å². The molecule has 0 bridgehead atoms. The molecule has 4 nitrogen and oxygen atoms in total. The van der Waals surface area contributed by atoms with Crippen molar-refractivity contribution in [2.24, 2.45) is 0 Å². The van der Waals surface area contributed by atoms with E-state index >= 15 is 0 Å². The van der Waals surface area contributed by atoms with Gasteiger partial charge in [0.1, 0.15) is 17.2 Å². The van der Waals surface area contributed by atoms with Crippen molar-refractivity contribution in [2.75, 3.05) is 6.54 Å². The zero-order chi connectivity index (χ0) is 17.8. The molecule has 0 unspecified atom stereocenters. The minimum Gasteiger partial charge on any atom is -0.348 e. The second-order valence-corrected chi connectivity index (χ2v) is 6.02. The highest BCUT2D eigenvalue weighted by Crippen LogP contribution is 2.16. The van der Waals surface area contributed by atoms with E-state index in [0.29, 0.717) is 13.0 Å². The molecule has 0 aliphatic carbocycles. The number of likely N-dealkylation sites (tertiary alicyclic amines) is 1. The third kappa shape index (κ3) is 4.02. The fraction of sp³-hybridized carbons (Fsp3) is 0.263. The lowest BCUT2D eigenvalue weighted by molar-refractivity contribution is -0.128. The maximum absolute atomic E-state index is 13.6. The molecule has 0 saturated carbocycles. The largest absolute Gasteiger partial charge is 0.348 e. The normalized spacial score (nSPS) is 14.0. The number of amides is 2. The Bertz CT molecular complexity index is 788. The van der Waals surface area contributed by atoms with Crippen LogP contribution in [0.15, 0.2) is 42.5 Å². The molecular weight excluding hydrogens is 326 g/mol. The average molecular weight is 344 g/mol. The van der Waals surface area contributed by atoms with Gasteiger partial charge in [0.15, 0.2) is 0 Å². The standard InChI is InChI=1S/C19H18F2N2O2/c20-15-6-2-7-16(21)18(15)19(25)22-11-13-4-1-5-14(10-13)12-23-9-3-8-17(23)24/h1-2,4-7,10H,3,8-9,11-12H2,(H,22,25). The fourth-order valence-corrected chi connectivity index (χ4v) is 2.92. The van der Waals surface area contributed by atoms with Crippen molar-refractivity contribution in [3.05, 3.63) is 70.8 Å². The molecule has 1 N–H and O–H groups in total. The Balaban J connectivity index is 1.64. The number of nitrogens with zero attached hydrogens (tertiary/aromatic N) is 1. The number of nitrogens with one attached hydrogen (secondary N) is 1. The van der Waals surface area contributed by atoms with Crippen molar-refractivity contribution in [1.82, 2.24) is 10.2 Å². The summed E-state index contributed by atoms with van der Waals surface area (Å²) in [7, 11) is 0. The van der Waals surface area contributed by atoms with E-state index in [4.69, 9.17) is 0 Å². The highest BCUT2D eigenvalue weighted by atomic mass is 19.1. The molecule has 2 amide bonds. The molecule has 1 heterocycles. The van der Waals surface area contributed by atoms with Gasteiger partial charge in [-0.25, -0.2) is 8.78 Å². The van der Waals surface area contributed by atoms with Gasteiger partial charge in [0.2, 0.25) is 5.91 Å². The van der Waals surface area contributed by atoms with Crippen LogP contribution in [0, 0.1) is 11.6 Å². The molecule has 130 valence electrons. The molecule has 1 fully saturated rings. The first-order valence-electron chi connectivity index (χ1n) is 8.12. The van der Waals surface area contributed by atoms with Crippen LogP contribution in [-0.4, -0.2) is 23.3 Å². The molecule has 0 radical (unpaired) electrons. The lowest BCUT2D eigenvalue weighted by Crippen LogP contribution is -2.25. The molecule has 6 heteroatoms. The SMILES string of the molecule is O=C(NCc1cccc(CN2CCCC2=O)c1)c1c(F)cccc1F. The Morgan fingerprint density at radius 2 is 1.76 bits per heavy atom. The van der Waals surface area contributed by atoms with Gasteiger partial charge in [0, 0.05) is 26.1 Å². The highest BCUT2D eigenvalue weighted by molar-refractivity contribution is 5.94. The topological polar surface area (TPSA) is 49.4 Å². The number of halogens is 2. The van der Waals surface area contributed by atoms with E-state index in [0.717, 1.165) is 36.2 Å². The van der Waals surface area contributed by atoms with Crippen LogP contribution in [-0.2, 0) is 17.9 Å². The first-order chi connectivity index (χ1) is 12.0. The van der Waals surface area contributed by atoms with Gasteiger partial charge in [-0.05, 0) is 29.7 Å². The summed E-state index contributed by atoms with van der Waals surface area (Å²) in [6.45, 7) is 1.43. The summed E-state index contributed by atoms with van der Waals surface area (Å²) in [5.74, 6) is -2.43. The van der Waals surface area contributed by atoms with Crippen molar-refractivity contribution >= 4 is 11.8 Å². The van der Waals surface area contributed by atoms with Crippen molar-refractivity contribution in [3.8, 4) is 0 Å². The van der Waals surface area contributed by atoms with Gasteiger partial charge in [-0.2, -0.15) is 0 Å². The van der Waals surface area contributed by atoms with E-state index in [1.807, 2.05) is 24.3 Å². The number of hydrogen-bond acceptors (Lipinski definition) is 2. The second-order valence-electron chi connectivity index (χ2n) is 6.02. The summed E-state index contributed by atoms with van der Waals surface area (Å²) in [5.41, 5.74) is 1.18. The van der Waals surface area contributed by atoms with Crippen LogP contribution in [0.25, 0.3) is 0 Å². The van der Waals surface area contributed by atoms with Crippen LogP contribution >= 0.6 is 0 Å². The van der Waals surface area contributed by atoms with Gasteiger partial charge in [0.05, 0.1) is 0 Å². The van der Waals surface area contributed by atoms with Crippen molar-refractivity contribution in [3.63, 3.8) is 0 Å². The summed E-state index contributed by atoms with van der Waals surface area (Å²) in [6.07, 6.45) is 1.47. The Labute approximate surface area is 144 Å². The Morgan fingerprint density at radius 1 is 1.08 bits per heavy atom. The van der Waals surface area contributed by atoms with E-state index < -0.39 is 23.1 Å². The highest BCUT2D eigenvalue weighted by Gasteiger charge is 2.20. The second kappa shape index (κ2) is 7.42. The van der Waals surface area contributed by atoms with Gasteiger partial charge >= 0.3 is 0 Å². The summed E-state index contributed by atoms with van der Waals surface area (Å²) < 4.78 is 27.2. The molecule has 1 aliphatic heterocycles. The Hall–Kier alpha value is -2.76. The predicted molar refractivity (Wildman–Crippen MR) is 88.6 cm³/mol. The maximum Gasteiger partial charge on any atom is 0.257 e. The van der Waals surface area contributed by atoms with E-state index in [1.54, 1.807) is 4.90 Å². The molecule has 3 rings (SSSR count). The van der Waals surface area contributed by atoms with Crippen molar-refractivity contribution in [1.29, 1.82) is 0 Å². The minimum absolute atomic E-state index is 0.147. The summed E-state index contributed by atoms with van der Waals surface area (Å²) in [6, 6.07) is 10.7. The van der Waals surface area contributed by atoms with Gasteiger partial charge in [-0.15, -0.1) is 0 Å². The molecule has 0 aromatic heterocycles. The van der Waals surface area contributed by atoms with Gasteiger partial charge < -0.3 is 10.2 Å². The number of carbonyl (C=O) groups excluding carboxylic acids is 2. The molecule has 2 aromatic carbocycles. The fourth-order valence-electron chi connectivity index (χ4n) is 2.92. The molecule has 1 saturated heterocycles. The first-order valence-corrected chi connectivity index (χ1v) is 8.12. The molecule has 1 aliphatic rings. The number of benzene rings is 2. The molecule has 0 spiro atoms. The lowest BCUT2D eigenvalue weighted by Gasteiger charge is -2.16.